The fourth-order valence-corrected chi connectivity index (χ4v) is 2.51. The maximum atomic E-state index is 11.0. The van der Waals surface area contributed by atoms with Crippen LogP contribution in [0, 0.1) is 11.3 Å². The highest BCUT2D eigenvalue weighted by molar-refractivity contribution is 9.10. The van der Waals surface area contributed by atoms with Gasteiger partial charge in [0.1, 0.15) is 18.4 Å². The zero-order chi connectivity index (χ0) is 18.5. The Kier molecular flexibility index (Phi) is 5.25. The fourth-order valence-electron chi connectivity index (χ4n) is 2.24. The number of nitriles is 1. The normalized spacial score (nSPS) is 10.2. The molecule has 1 N–H and O–H groups in total. The number of hydrogen-bond donors (Lipinski definition) is 1. The zero-order valence-electron chi connectivity index (χ0n) is 13.4. The smallest absolute Gasteiger partial charge is 0.354 e. The van der Waals surface area contributed by atoms with Crippen LogP contribution in [0.25, 0.3) is 11.4 Å². The van der Waals surface area contributed by atoms with Gasteiger partial charge in [0.25, 0.3) is 0 Å². The van der Waals surface area contributed by atoms with Crippen molar-refractivity contribution in [3.05, 3.63) is 76.0 Å². The molecule has 1 aromatic heterocycles. The van der Waals surface area contributed by atoms with Gasteiger partial charge < -0.3 is 9.84 Å². The summed E-state index contributed by atoms with van der Waals surface area (Å²) < 4.78 is 6.71. The van der Waals surface area contributed by atoms with Crippen LogP contribution in [0.2, 0.25) is 0 Å². The first kappa shape index (κ1) is 17.6. The van der Waals surface area contributed by atoms with E-state index >= 15 is 0 Å². The number of aromatic nitrogens is 2. The molecule has 6 nitrogen and oxygen atoms in total. The molecule has 0 radical (unpaired) electrons. The van der Waals surface area contributed by atoms with Crippen molar-refractivity contribution >= 4 is 21.9 Å². The molecule has 0 aliphatic heterocycles. The molecule has 0 aliphatic carbocycles. The van der Waals surface area contributed by atoms with Gasteiger partial charge in [0.2, 0.25) is 0 Å². The second-order valence-electron chi connectivity index (χ2n) is 5.31. The number of hydrogen-bond acceptors (Lipinski definition) is 5. The quantitative estimate of drug-likeness (QED) is 0.682. The minimum Gasteiger partial charge on any atom is -0.488 e. The number of benzene rings is 2. The predicted octanol–water partition coefficient (Wildman–Crippen LogP) is 4.05. The third-order valence-corrected chi connectivity index (χ3v) is 4.07. The maximum absolute atomic E-state index is 11.0. The first-order chi connectivity index (χ1) is 12.6. The summed E-state index contributed by atoms with van der Waals surface area (Å²) >= 11 is 3.38. The summed E-state index contributed by atoms with van der Waals surface area (Å²) in [7, 11) is 0. The number of carbonyl (C=O) groups is 1. The first-order valence-electron chi connectivity index (χ1n) is 7.55. The van der Waals surface area contributed by atoms with E-state index in [4.69, 9.17) is 9.84 Å². The van der Waals surface area contributed by atoms with Gasteiger partial charge in [0.05, 0.1) is 5.56 Å². The van der Waals surface area contributed by atoms with Crippen molar-refractivity contribution in [2.45, 2.75) is 6.61 Å². The van der Waals surface area contributed by atoms with E-state index in [-0.39, 0.29) is 11.5 Å². The molecule has 0 fully saturated rings. The Labute approximate surface area is 157 Å². The Morgan fingerprint density at radius 3 is 2.65 bits per heavy atom. The summed E-state index contributed by atoms with van der Waals surface area (Å²) in [5.41, 5.74) is 1.73. The molecular weight excluding hydrogens is 398 g/mol. The molecule has 0 saturated carbocycles. The Bertz CT molecular complexity index is 998. The highest BCUT2D eigenvalue weighted by Crippen LogP contribution is 2.25. The van der Waals surface area contributed by atoms with Crippen LogP contribution in [0.3, 0.4) is 0 Å². The van der Waals surface area contributed by atoms with Crippen LogP contribution < -0.4 is 4.74 Å². The van der Waals surface area contributed by atoms with E-state index in [2.05, 4.69) is 32.0 Å². The van der Waals surface area contributed by atoms with Gasteiger partial charge in [-0.2, -0.15) is 5.26 Å². The molecule has 1 heterocycles. The molecule has 128 valence electrons. The van der Waals surface area contributed by atoms with Crippen LogP contribution in [-0.2, 0) is 6.61 Å². The monoisotopic (exact) mass is 409 g/mol. The summed E-state index contributed by atoms with van der Waals surface area (Å²) in [5.74, 6) is -0.460. The molecule has 0 aliphatic rings. The van der Waals surface area contributed by atoms with Crippen molar-refractivity contribution in [2.75, 3.05) is 0 Å². The molecule has 2 aromatic carbocycles. The van der Waals surface area contributed by atoms with E-state index in [0.29, 0.717) is 23.5 Å². The first-order valence-corrected chi connectivity index (χ1v) is 8.34. The van der Waals surface area contributed by atoms with Gasteiger partial charge in [0.15, 0.2) is 11.5 Å². The van der Waals surface area contributed by atoms with Crippen LogP contribution in [0.15, 0.2) is 59.2 Å². The molecule has 7 heteroatoms. The molecule has 26 heavy (non-hydrogen) atoms. The lowest BCUT2D eigenvalue weighted by atomic mass is 10.1. The molecular formula is C19H12BrN3O3. The molecule has 0 saturated heterocycles. The van der Waals surface area contributed by atoms with Crippen molar-refractivity contribution in [1.82, 2.24) is 9.97 Å². The average molecular weight is 410 g/mol. The van der Waals surface area contributed by atoms with Crippen LogP contribution in [0.4, 0.5) is 0 Å². The molecule has 0 bridgehead atoms. The second kappa shape index (κ2) is 7.76. The number of ether oxygens (including phenoxy) is 1. The number of rotatable bonds is 5. The second-order valence-corrected chi connectivity index (χ2v) is 6.22. The largest absolute Gasteiger partial charge is 0.488 e. The Balaban J connectivity index is 1.84. The SMILES string of the molecule is N#Cc1cc(-c2nccc(C(=O)O)n2)ccc1OCc1ccc(Br)cc1. The van der Waals surface area contributed by atoms with Crippen molar-refractivity contribution in [2.24, 2.45) is 0 Å². The van der Waals surface area contributed by atoms with Gasteiger partial charge in [-0.3, -0.25) is 0 Å². The fraction of sp³-hybridized carbons (Fsp3) is 0.0526. The van der Waals surface area contributed by atoms with E-state index in [0.717, 1.165) is 10.0 Å². The average Bonchev–Trinajstić information content (AvgIpc) is 2.67. The predicted molar refractivity (Wildman–Crippen MR) is 97.6 cm³/mol. The summed E-state index contributed by atoms with van der Waals surface area (Å²) in [4.78, 5) is 19.1. The number of aromatic carboxylic acids is 1. The van der Waals surface area contributed by atoms with E-state index in [1.54, 1.807) is 18.2 Å². The van der Waals surface area contributed by atoms with Crippen LogP contribution >= 0.6 is 15.9 Å². The van der Waals surface area contributed by atoms with Crippen molar-refractivity contribution in [3.63, 3.8) is 0 Å². The van der Waals surface area contributed by atoms with Crippen LogP contribution in [-0.4, -0.2) is 21.0 Å². The zero-order valence-corrected chi connectivity index (χ0v) is 15.0. The van der Waals surface area contributed by atoms with Crippen molar-refractivity contribution in [3.8, 4) is 23.2 Å². The highest BCUT2D eigenvalue weighted by atomic mass is 79.9. The van der Waals surface area contributed by atoms with Gasteiger partial charge in [-0.25, -0.2) is 14.8 Å². The van der Waals surface area contributed by atoms with Crippen LogP contribution in [0.1, 0.15) is 21.6 Å². The van der Waals surface area contributed by atoms with Crippen molar-refractivity contribution < 1.29 is 14.6 Å². The Morgan fingerprint density at radius 2 is 1.96 bits per heavy atom. The van der Waals surface area contributed by atoms with Crippen LogP contribution in [0.5, 0.6) is 5.75 Å². The summed E-state index contributed by atoms with van der Waals surface area (Å²) in [5, 5.41) is 18.4. The lowest BCUT2D eigenvalue weighted by Gasteiger charge is -2.09. The van der Waals surface area contributed by atoms with Gasteiger partial charge in [-0.15, -0.1) is 0 Å². The number of carboxylic acids is 1. The summed E-state index contributed by atoms with van der Waals surface area (Å²) in [6, 6.07) is 16.0. The molecule has 0 unspecified atom stereocenters. The lowest BCUT2D eigenvalue weighted by Crippen LogP contribution is -2.02. The maximum Gasteiger partial charge on any atom is 0.354 e. The van der Waals surface area contributed by atoms with Gasteiger partial charge in [-0.1, -0.05) is 28.1 Å². The molecule has 3 rings (SSSR count). The third-order valence-electron chi connectivity index (χ3n) is 3.54. The lowest BCUT2D eigenvalue weighted by molar-refractivity contribution is 0.0690. The summed E-state index contributed by atoms with van der Waals surface area (Å²) in [6.45, 7) is 0.326. The molecule has 3 aromatic rings. The van der Waals surface area contributed by atoms with E-state index < -0.39 is 5.97 Å². The molecule has 0 atom stereocenters. The number of carboxylic acid groups (broad SMARTS) is 1. The molecule has 0 spiro atoms. The molecule has 0 amide bonds. The standard InChI is InChI=1S/C19H12BrN3O3/c20-15-4-1-12(2-5-15)11-26-17-6-3-13(9-14(17)10-21)18-22-8-7-16(23-18)19(24)25/h1-9H,11H2,(H,24,25). The summed E-state index contributed by atoms with van der Waals surface area (Å²) in [6.07, 6.45) is 1.37. The van der Waals surface area contributed by atoms with E-state index in [1.165, 1.54) is 12.3 Å². The Morgan fingerprint density at radius 1 is 1.19 bits per heavy atom. The number of halogens is 1. The van der Waals surface area contributed by atoms with E-state index in [1.807, 2.05) is 24.3 Å². The van der Waals surface area contributed by atoms with E-state index in [9.17, 15) is 10.1 Å². The minimum atomic E-state index is -1.14. The topological polar surface area (TPSA) is 96.1 Å². The third kappa shape index (κ3) is 4.05. The Hall–Kier alpha value is -3.24. The number of nitrogens with zero attached hydrogens (tertiary/aromatic N) is 3. The van der Waals surface area contributed by atoms with Gasteiger partial charge >= 0.3 is 5.97 Å². The van der Waals surface area contributed by atoms with Gasteiger partial charge in [-0.05, 0) is 42.0 Å². The highest BCUT2D eigenvalue weighted by Gasteiger charge is 2.11. The van der Waals surface area contributed by atoms with Crippen molar-refractivity contribution in [1.29, 1.82) is 5.26 Å². The van der Waals surface area contributed by atoms with Gasteiger partial charge in [0, 0.05) is 16.2 Å². The minimum absolute atomic E-state index is 0.107.